The summed E-state index contributed by atoms with van der Waals surface area (Å²) in [4.78, 5) is 6.21. The number of hydrogen-bond acceptors (Lipinski definition) is 4. The molecule has 1 aromatic rings. The highest BCUT2D eigenvalue weighted by molar-refractivity contribution is 6.29. The first-order chi connectivity index (χ1) is 8.40. The molecule has 0 aromatic carbocycles. The zero-order chi connectivity index (χ0) is 13.7. The molecule has 18 heavy (non-hydrogen) atoms. The summed E-state index contributed by atoms with van der Waals surface area (Å²) in [5.74, 6) is 0.875. The minimum atomic E-state index is -0.492. The first kappa shape index (κ1) is 15.4. The summed E-state index contributed by atoms with van der Waals surface area (Å²) < 4.78 is 7.19. The summed E-state index contributed by atoms with van der Waals surface area (Å²) in [6.45, 7) is 5.43. The fourth-order valence-corrected chi connectivity index (χ4v) is 1.74. The molecular formula is C12H22ClN3O2. The third-order valence-corrected chi connectivity index (χ3v) is 2.93. The molecule has 1 atom stereocenters. The lowest BCUT2D eigenvalue weighted by molar-refractivity contribution is -0.00663. The Morgan fingerprint density at radius 1 is 1.56 bits per heavy atom. The lowest BCUT2D eigenvalue weighted by Gasteiger charge is -2.21. The average molecular weight is 276 g/mol. The molecule has 5 nitrogen and oxygen atoms in total. The summed E-state index contributed by atoms with van der Waals surface area (Å²) in [5, 5.41) is 10.4. The highest BCUT2D eigenvalue weighted by Gasteiger charge is 2.12. The maximum atomic E-state index is 9.80. The van der Waals surface area contributed by atoms with Crippen LogP contribution in [0.3, 0.4) is 0 Å². The number of aromatic nitrogens is 2. The first-order valence-corrected chi connectivity index (χ1v) is 6.42. The van der Waals surface area contributed by atoms with Crippen molar-refractivity contribution >= 4 is 11.6 Å². The van der Waals surface area contributed by atoms with E-state index in [0.29, 0.717) is 24.8 Å². The van der Waals surface area contributed by atoms with E-state index in [0.717, 1.165) is 5.82 Å². The van der Waals surface area contributed by atoms with Gasteiger partial charge in [-0.3, -0.25) is 4.90 Å². The standard InChI is InChI=1S/C12H22ClN3O2/c1-9(2)18-8-10(17)6-15(3)7-12-14-5-11(13)16(12)4/h5,9-10,17H,6-8H2,1-4H3. The lowest BCUT2D eigenvalue weighted by atomic mass is 10.3. The van der Waals surface area contributed by atoms with E-state index in [4.69, 9.17) is 16.3 Å². The molecule has 1 heterocycles. The van der Waals surface area contributed by atoms with Gasteiger partial charge in [0.2, 0.25) is 0 Å². The largest absolute Gasteiger partial charge is 0.389 e. The molecule has 0 aliphatic rings. The molecule has 1 aromatic heterocycles. The molecule has 0 bridgehead atoms. The quantitative estimate of drug-likeness (QED) is 0.815. The van der Waals surface area contributed by atoms with Crippen molar-refractivity contribution in [3.63, 3.8) is 0 Å². The molecule has 1 N–H and O–H groups in total. The van der Waals surface area contributed by atoms with Crippen molar-refractivity contribution in [1.82, 2.24) is 14.5 Å². The van der Waals surface area contributed by atoms with Crippen LogP contribution in [-0.4, -0.2) is 52.0 Å². The molecule has 6 heteroatoms. The zero-order valence-electron chi connectivity index (χ0n) is 11.4. The van der Waals surface area contributed by atoms with Gasteiger partial charge in [0.15, 0.2) is 0 Å². The number of ether oxygens (including phenoxy) is 1. The number of aliphatic hydroxyl groups is 1. The Morgan fingerprint density at radius 3 is 2.72 bits per heavy atom. The van der Waals surface area contributed by atoms with Gasteiger partial charge in [0.1, 0.15) is 11.0 Å². The predicted molar refractivity (Wildman–Crippen MR) is 71.6 cm³/mol. The molecule has 0 aliphatic heterocycles. The van der Waals surface area contributed by atoms with Crippen LogP contribution in [0, 0.1) is 0 Å². The Bertz CT molecular complexity index is 368. The second kappa shape index (κ2) is 7.09. The van der Waals surface area contributed by atoms with E-state index < -0.39 is 6.10 Å². The van der Waals surface area contributed by atoms with Crippen LogP contribution in [0.25, 0.3) is 0 Å². The third kappa shape index (κ3) is 4.94. The molecule has 0 aliphatic carbocycles. The molecule has 0 saturated carbocycles. The third-order valence-electron chi connectivity index (χ3n) is 2.58. The van der Waals surface area contributed by atoms with Crippen LogP contribution >= 0.6 is 11.6 Å². The number of rotatable bonds is 7. The van der Waals surface area contributed by atoms with Gasteiger partial charge in [-0.1, -0.05) is 11.6 Å². The highest BCUT2D eigenvalue weighted by Crippen LogP contribution is 2.10. The number of hydrogen-bond donors (Lipinski definition) is 1. The van der Waals surface area contributed by atoms with Gasteiger partial charge >= 0.3 is 0 Å². The molecule has 0 radical (unpaired) electrons. The Hall–Kier alpha value is -0.620. The van der Waals surface area contributed by atoms with Crippen molar-refractivity contribution in [2.45, 2.75) is 32.6 Å². The fraction of sp³-hybridized carbons (Fsp3) is 0.750. The molecule has 1 rings (SSSR count). The molecule has 0 saturated heterocycles. The van der Waals surface area contributed by atoms with Crippen molar-refractivity contribution < 1.29 is 9.84 Å². The fourth-order valence-electron chi connectivity index (χ4n) is 1.59. The van der Waals surface area contributed by atoms with Gasteiger partial charge in [0, 0.05) is 13.6 Å². The van der Waals surface area contributed by atoms with E-state index in [1.807, 2.05) is 37.4 Å². The van der Waals surface area contributed by atoms with Crippen molar-refractivity contribution in [3.8, 4) is 0 Å². The van der Waals surface area contributed by atoms with Gasteiger partial charge in [-0.05, 0) is 20.9 Å². The molecule has 0 fully saturated rings. The van der Waals surface area contributed by atoms with E-state index in [1.54, 1.807) is 6.20 Å². The van der Waals surface area contributed by atoms with Crippen LogP contribution < -0.4 is 0 Å². The number of imidazole rings is 1. The number of aliphatic hydroxyl groups excluding tert-OH is 1. The second-order valence-corrected chi connectivity index (χ2v) is 5.18. The number of nitrogens with zero attached hydrogens (tertiary/aromatic N) is 3. The van der Waals surface area contributed by atoms with Crippen LogP contribution in [0.1, 0.15) is 19.7 Å². The summed E-state index contributed by atoms with van der Waals surface area (Å²) in [5.41, 5.74) is 0. The van der Waals surface area contributed by atoms with Crippen LogP contribution in [0.4, 0.5) is 0 Å². The van der Waals surface area contributed by atoms with Crippen LogP contribution in [0.5, 0.6) is 0 Å². The van der Waals surface area contributed by atoms with Gasteiger partial charge in [0.25, 0.3) is 0 Å². The molecule has 0 spiro atoms. The van der Waals surface area contributed by atoms with Crippen LogP contribution in [0.2, 0.25) is 5.15 Å². The lowest BCUT2D eigenvalue weighted by Crippen LogP contribution is -2.33. The Morgan fingerprint density at radius 2 is 2.22 bits per heavy atom. The minimum Gasteiger partial charge on any atom is -0.389 e. The smallest absolute Gasteiger partial charge is 0.128 e. The monoisotopic (exact) mass is 275 g/mol. The average Bonchev–Trinajstić information content (AvgIpc) is 2.58. The van der Waals surface area contributed by atoms with E-state index in [1.165, 1.54) is 0 Å². The number of likely N-dealkylation sites (N-methyl/N-ethyl adjacent to an activating group) is 1. The maximum absolute atomic E-state index is 9.80. The minimum absolute atomic E-state index is 0.137. The number of halogens is 1. The Balaban J connectivity index is 2.37. The molecule has 104 valence electrons. The van der Waals surface area contributed by atoms with E-state index in [9.17, 15) is 5.11 Å². The Labute approximate surface area is 113 Å². The normalized spacial score (nSPS) is 13.6. The van der Waals surface area contributed by atoms with Crippen molar-refractivity contribution in [2.75, 3.05) is 20.2 Å². The van der Waals surface area contributed by atoms with Gasteiger partial charge in [0.05, 0.1) is 31.6 Å². The van der Waals surface area contributed by atoms with Crippen molar-refractivity contribution in [1.29, 1.82) is 0 Å². The Kier molecular flexibility index (Phi) is 6.08. The van der Waals surface area contributed by atoms with Crippen molar-refractivity contribution in [2.24, 2.45) is 7.05 Å². The van der Waals surface area contributed by atoms with E-state index in [2.05, 4.69) is 4.98 Å². The highest BCUT2D eigenvalue weighted by atomic mass is 35.5. The summed E-state index contributed by atoms with van der Waals surface area (Å²) >= 11 is 5.92. The predicted octanol–water partition coefficient (Wildman–Crippen LogP) is 1.29. The van der Waals surface area contributed by atoms with Gasteiger partial charge < -0.3 is 14.4 Å². The summed E-state index contributed by atoms with van der Waals surface area (Å²) in [6, 6.07) is 0. The van der Waals surface area contributed by atoms with Gasteiger partial charge in [-0.25, -0.2) is 4.98 Å². The molecular weight excluding hydrogens is 254 g/mol. The maximum Gasteiger partial charge on any atom is 0.128 e. The van der Waals surface area contributed by atoms with E-state index >= 15 is 0 Å². The zero-order valence-corrected chi connectivity index (χ0v) is 12.2. The van der Waals surface area contributed by atoms with Crippen molar-refractivity contribution in [3.05, 3.63) is 17.2 Å². The van der Waals surface area contributed by atoms with Gasteiger partial charge in [-0.2, -0.15) is 0 Å². The SMILES string of the molecule is CC(C)OCC(O)CN(C)Cc1ncc(Cl)n1C. The topological polar surface area (TPSA) is 50.5 Å². The summed E-state index contributed by atoms with van der Waals surface area (Å²) in [6.07, 6.45) is 1.27. The first-order valence-electron chi connectivity index (χ1n) is 6.04. The van der Waals surface area contributed by atoms with Gasteiger partial charge in [-0.15, -0.1) is 0 Å². The van der Waals surface area contributed by atoms with Crippen LogP contribution in [0.15, 0.2) is 6.20 Å². The van der Waals surface area contributed by atoms with E-state index in [-0.39, 0.29) is 6.10 Å². The molecule has 1 unspecified atom stereocenters. The molecule has 0 amide bonds. The summed E-state index contributed by atoms with van der Waals surface area (Å²) in [7, 11) is 3.80. The second-order valence-electron chi connectivity index (χ2n) is 4.79. The van der Waals surface area contributed by atoms with Crippen LogP contribution in [-0.2, 0) is 18.3 Å².